The lowest BCUT2D eigenvalue weighted by Gasteiger charge is -2.68. The highest BCUT2D eigenvalue weighted by atomic mass is 16.6. The van der Waals surface area contributed by atoms with E-state index < -0.39 is 26.6 Å². The van der Waals surface area contributed by atoms with E-state index in [4.69, 9.17) is 4.74 Å². The van der Waals surface area contributed by atoms with Crippen LogP contribution in [0.1, 0.15) is 106 Å². The molecule has 6 rings (SSSR count). The lowest BCUT2D eigenvalue weighted by molar-refractivity contribution is -0.389. The Bertz CT molecular complexity index is 1680. The minimum Gasteiger partial charge on any atom is -0.465 e. The van der Waals surface area contributed by atoms with E-state index in [0.29, 0.717) is 32.2 Å². The van der Waals surface area contributed by atoms with Crippen molar-refractivity contribution < 1.29 is 24.0 Å². The molecule has 10 heteroatoms. The molecular formula is C38H50N4O6. The summed E-state index contributed by atoms with van der Waals surface area (Å²) in [7, 11) is 0. The number of ether oxygens (including phenoxy) is 1. The second kappa shape index (κ2) is 11.2. The number of nitriles is 1. The van der Waals surface area contributed by atoms with Gasteiger partial charge in [-0.3, -0.25) is 14.4 Å². The molecule has 3 fully saturated rings. The summed E-state index contributed by atoms with van der Waals surface area (Å²) in [6.45, 7) is 15.9. The Labute approximate surface area is 283 Å². The first-order valence-corrected chi connectivity index (χ1v) is 17.6. The number of hydrogen-bond acceptors (Lipinski definition) is 8. The van der Waals surface area contributed by atoms with Gasteiger partial charge in [0.15, 0.2) is 11.6 Å². The van der Waals surface area contributed by atoms with Crippen LogP contribution in [0.5, 0.6) is 0 Å². The van der Waals surface area contributed by atoms with Crippen molar-refractivity contribution in [2.24, 2.45) is 50.2 Å². The smallest absolute Gasteiger partial charge is 0.381 e. The zero-order valence-corrected chi connectivity index (χ0v) is 29.6. The zero-order valence-electron chi connectivity index (χ0n) is 29.6. The standard InChI is InChI=1S/C38H50N4O6/c1-33(2)12-14-38(32(45)48-17-9-8-16-41-22-29(40-23-41)42(46)47)15-13-37(7)30(25(38)20-33)26(43)18-28-35(5)19-24(21-39)31(44)34(3,4)27(35)10-11-36(28,37)6/h18-19,22-23,25,27,30H,8-17,20H2,1-7H3/t25-,27-,30-,35-,36+,37+,38-/m0/s1. The maximum Gasteiger partial charge on any atom is 0.381 e. The predicted octanol–water partition coefficient (Wildman–Crippen LogP) is 7.33. The van der Waals surface area contributed by atoms with E-state index in [1.165, 1.54) is 12.5 Å². The molecule has 48 heavy (non-hydrogen) atoms. The number of rotatable bonds is 7. The Morgan fingerprint density at radius 2 is 1.79 bits per heavy atom. The van der Waals surface area contributed by atoms with Crippen LogP contribution in [0.15, 0.2) is 35.8 Å². The molecule has 0 saturated heterocycles. The number of ketones is 2. The number of carbonyl (C=O) groups excluding carboxylic acids is 3. The second-order valence-electron chi connectivity index (χ2n) is 17.5. The molecule has 0 bridgehead atoms. The zero-order chi connectivity index (χ0) is 35.1. The Balaban J connectivity index is 1.29. The van der Waals surface area contributed by atoms with Crippen LogP contribution < -0.4 is 0 Å². The van der Waals surface area contributed by atoms with Crippen LogP contribution >= 0.6 is 0 Å². The summed E-state index contributed by atoms with van der Waals surface area (Å²) in [4.78, 5) is 56.5. The largest absolute Gasteiger partial charge is 0.465 e. The summed E-state index contributed by atoms with van der Waals surface area (Å²) < 4.78 is 7.72. The van der Waals surface area contributed by atoms with Crippen molar-refractivity contribution in [3.05, 3.63) is 45.9 Å². The number of hydrogen-bond donors (Lipinski definition) is 0. The van der Waals surface area contributed by atoms with Gasteiger partial charge in [0.2, 0.25) is 6.33 Å². The molecule has 1 aromatic heterocycles. The molecule has 7 atom stereocenters. The van der Waals surface area contributed by atoms with Crippen molar-refractivity contribution in [3.63, 3.8) is 0 Å². The van der Waals surface area contributed by atoms with E-state index in [1.54, 1.807) is 4.57 Å². The van der Waals surface area contributed by atoms with Crippen molar-refractivity contribution in [2.75, 3.05) is 6.61 Å². The van der Waals surface area contributed by atoms with Crippen LogP contribution in [0.3, 0.4) is 0 Å². The Hall–Kier alpha value is -3.61. The number of fused-ring (bicyclic) bond motifs is 7. The molecule has 0 amide bonds. The molecule has 0 N–H and O–H groups in total. The molecule has 0 radical (unpaired) electrons. The van der Waals surface area contributed by atoms with Gasteiger partial charge in [-0.1, -0.05) is 60.1 Å². The monoisotopic (exact) mass is 658 g/mol. The summed E-state index contributed by atoms with van der Waals surface area (Å²) in [5.41, 5.74) is -1.56. The number of allylic oxidation sites excluding steroid dienone is 4. The summed E-state index contributed by atoms with van der Waals surface area (Å²) in [6.07, 6.45) is 13.3. The van der Waals surface area contributed by atoms with Crippen LogP contribution in [0, 0.1) is 71.7 Å². The van der Waals surface area contributed by atoms with E-state index >= 15 is 0 Å². The number of nitrogens with zero attached hydrogens (tertiary/aromatic N) is 4. The first-order chi connectivity index (χ1) is 22.4. The van der Waals surface area contributed by atoms with Gasteiger partial charge in [-0.25, -0.2) is 0 Å². The lowest BCUT2D eigenvalue weighted by Crippen LogP contribution is -2.66. The normalized spacial score (nSPS) is 37.8. The van der Waals surface area contributed by atoms with Gasteiger partial charge in [0.05, 0.1) is 17.6 Å². The average Bonchev–Trinajstić information content (AvgIpc) is 3.49. The molecule has 5 aliphatic carbocycles. The van der Waals surface area contributed by atoms with Gasteiger partial charge in [-0.2, -0.15) is 5.26 Å². The minimum absolute atomic E-state index is 0.0166. The maximum atomic E-state index is 14.7. The summed E-state index contributed by atoms with van der Waals surface area (Å²) in [5.74, 6) is -0.921. The van der Waals surface area contributed by atoms with Crippen molar-refractivity contribution in [2.45, 2.75) is 113 Å². The fourth-order valence-corrected chi connectivity index (χ4v) is 11.3. The molecule has 1 aromatic rings. The first-order valence-electron chi connectivity index (χ1n) is 17.6. The van der Waals surface area contributed by atoms with E-state index in [9.17, 15) is 29.8 Å². The van der Waals surface area contributed by atoms with Gasteiger partial charge < -0.3 is 19.4 Å². The minimum atomic E-state index is -0.726. The van der Waals surface area contributed by atoms with Crippen molar-refractivity contribution in [1.29, 1.82) is 5.26 Å². The maximum absolute atomic E-state index is 14.7. The Morgan fingerprint density at radius 3 is 2.46 bits per heavy atom. The van der Waals surface area contributed by atoms with Crippen molar-refractivity contribution in [1.82, 2.24) is 9.55 Å². The van der Waals surface area contributed by atoms with Crippen LogP contribution in [-0.2, 0) is 25.7 Å². The third kappa shape index (κ3) is 4.85. The van der Waals surface area contributed by atoms with Gasteiger partial charge in [0.1, 0.15) is 12.3 Å². The molecule has 1 heterocycles. The fraction of sp³-hybridized carbons (Fsp3) is 0.711. The van der Waals surface area contributed by atoms with Gasteiger partial charge in [-0.05, 0) is 102 Å². The SMILES string of the molecule is CC1(C)CC[C@]2(C(=O)OCCCCn3cnc([N+](=O)[O-])c3)CC[C@]3(C)[C@H](C(=O)C=C4[C@@]5(C)C=C(C#N)C(=O)C(C)(C)[C@@H]5CC[C@]43C)[C@@H]2C1. The van der Waals surface area contributed by atoms with Crippen molar-refractivity contribution >= 4 is 23.4 Å². The third-order valence-corrected chi connectivity index (χ3v) is 14.1. The number of nitro groups is 1. The summed E-state index contributed by atoms with van der Waals surface area (Å²) >= 11 is 0. The Kier molecular flexibility index (Phi) is 8.00. The van der Waals surface area contributed by atoms with Gasteiger partial charge >= 0.3 is 11.8 Å². The number of aromatic nitrogens is 2. The Morgan fingerprint density at radius 1 is 1.08 bits per heavy atom. The van der Waals surface area contributed by atoms with E-state index in [0.717, 1.165) is 37.7 Å². The van der Waals surface area contributed by atoms with Gasteiger partial charge in [0.25, 0.3) is 0 Å². The number of aryl methyl sites for hydroxylation is 1. The number of Topliss-reactive ketones (excluding diaryl/α,β-unsaturated/α-hetero) is 1. The van der Waals surface area contributed by atoms with Gasteiger partial charge in [-0.15, -0.1) is 0 Å². The molecule has 5 aliphatic rings. The number of unbranched alkanes of at least 4 members (excludes halogenated alkanes) is 1. The summed E-state index contributed by atoms with van der Waals surface area (Å²) in [5, 5.41) is 20.9. The molecule has 3 saturated carbocycles. The second-order valence-corrected chi connectivity index (χ2v) is 17.5. The molecule has 258 valence electrons. The van der Waals surface area contributed by atoms with Crippen LogP contribution in [0.4, 0.5) is 5.82 Å². The topological polar surface area (TPSA) is 145 Å². The summed E-state index contributed by atoms with van der Waals surface area (Å²) in [6, 6.07) is 2.17. The number of imidazole rings is 1. The highest BCUT2D eigenvalue weighted by Crippen LogP contribution is 2.74. The molecule has 0 aliphatic heterocycles. The first kappa shape index (κ1) is 34.3. The molecular weight excluding hydrogens is 608 g/mol. The van der Waals surface area contributed by atoms with Crippen LogP contribution in [0.2, 0.25) is 0 Å². The van der Waals surface area contributed by atoms with Gasteiger partial charge in [0, 0.05) is 23.3 Å². The van der Waals surface area contributed by atoms with E-state index in [2.05, 4.69) is 45.7 Å². The fourth-order valence-electron chi connectivity index (χ4n) is 11.3. The number of carbonyl (C=O) groups is 3. The predicted molar refractivity (Wildman–Crippen MR) is 178 cm³/mol. The third-order valence-electron chi connectivity index (χ3n) is 14.1. The van der Waals surface area contributed by atoms with Crippen LogP contribution in [-0.4, -0.2) is 38.6 Å². The highest BCUT2D eigenvalue weighted by Gasteiger charge is 2.71. The molecule has 0 unspecified atom stereocenters. The highest BCUT2D eigenvalue weighted by molar-refractivity contribution is 6.04. The van der Waals surface area contributed by atoms with E-state index in [-0.39, 0.29) is 64.1 Å². The van der Waals surface area contributed by atoms with E-state index in [1.807, 2.05) is 26.0 Å². The number of esters is 1. The quantitative estimate of drug-likeness (QED) is 0.128. The molecule has 0 aromatic carbocycles. The van der Waals surface area contributed by atoms with Crippen molar-refractivity contribution in [3.8, 4) is 6.07 Å². The van der Waals surface area contributed by atoms with Crippen LogP contribution in [0.25, 0.3) is 0 Å². The lowest BCUT2D eigenvalue weighted by atomic mass is 9.34. The molecule has 10 nitrogen and oxygen atoms in total. The average molecular weight is 659 g/mol. The molecule has 0 spiro atoms.